The average Bonchev–Trinajstić information content (AvgIpc) is 2.85. The van der Waals surface area contributed by atoms with Gasteiger partial charge in [0, 0.05) is 35.9 Å². The van der Waals surface area contributed by atoms with Crippen molar-refractivity contribution in [2.24, 2.45) is 0 Å². The Labute approximate surface area is 192 Å². The lowest BCUT2D eigenvalue weighted by Gasteiger charge is -2.13. The summed E-state index contributed by atoms with van der Waals surface area (Å²) in [5.74, 6) is 0. The fourth-order valence-electron chi connectivity index (χ4n) is 3.25. The van der Waals surface area contributed by atoms with E-state index in [1.54, 1.807) is 67.0 Å². The summed E-state index contributed by atoms with van der Waals surface area (Å²) < 4.78 is 28.8. The maximum absolute atomic E-state index is 13.1. The summed E-state index contributed by atoms with van der Waals surface area (Å²) in [6.45, 7) is 0.346. The van der Waals surface area contributed by atoms with Gasteiger partial charge in [-0.05, 0) is 47.5 Å². The van der Waals surface area contributed by atoms with Gasteiger partial charge in [-0.3, -0.25) is 9.71 Å². The first-order chi connectivity index (χ1) is 16.0. The molecule has 2 amide bonds. The number of carbonyl (C=O) groups excluding carboxylic acids is 1. The summed E-state index contributed by atoms with van der Waals surface area (Å²) in [5.41, 5.74) is 3.24. The molecular formula is C25H22N4O3S. The van der Waals surface area contributed by atoms with Crippen molar-refractivity contribution in [1.82, 2.24) is 10.3 Å². The Hall–Kier alpha value is -4.17. The van der Waals surface area contributed by atoms with E-state index in [0.29, 0.717) is 23.5 Å². The van der Waals surface area contributed by atoms with Crippen LogP contribution in [-0.2, 0) is 16.6 Å². The number of anilines is 2. The molecule has 4 rings (SSSR count). The minimum absolute atomic E-state index is 0.188. The predicted molar refractivity (Wildman–Crippen MR) is 129 cm³/mol. The van der Waals surface area contributed by atoms with Crippen LogP contribution in [0.4, 0.5) is 16.2 Å². The summed E-state index contributed by atoms with van der Waals surface area (Å²) in [6.07, 6.45) is 3.34. The fraction of sp³-hybridized carbons (Fsp3) is 0.0400. The highest BCUT2D eigenvalue weighted by Crippen LogP contribution is 2.28. The average molecular weight is 459 g/mol. The van der Waals surface area contributed by atoms with Crippen molar-refractivity contribution in [3.05, 3.63) is 109 Å². The number of hydrogen-bond acceptors (Lipinski definition) is 4. The molecule has 1 heterocycles. The van der Waals surface area contributed by atoms with Crippen molar-refractivity contribution in [3.63, 3.8) is 0 Å². The molecule has 166 valence electrons. The first-order valence-electron chi connectivity index (χ1n) is 10.2. The number of aromatic nitrogens is 1. The van der Waals surface area contributed by atoms with E-state index in [4.69, 9.17) is 0 Å². The van der Waals surface area contributed by atoms with Crippen molar-refractivity contribution in [2.75, 3.05) is 10.0 Å². The van der Waals surface area contributed by atoms with Gasteiger partial charge in [-0.15, -0.1) is 0 Å². The monoisotopic (exact) mass is 458 g/mol. The summed E-state index contributed by atoms with van der Waals surface area (Å²) in [5, 5.41) is 5.46. The van der Waals surface area contributed by atoms with Crippen LogP contribution in [0.15, 0.2) is 108 Å². The third-order valence-electron chi connectivity index (χ3n) is 4.83. The van der Waals surface area contributed by atoms with Gasteiger partial charge in [0.15, 0.2) is 0 Å². The summed E-state index contributed by atoms with van der Waals surface area (Å²) in [7, 11) is -3.82. The van der Waals surface area contributed by atoms with Gasteiger partial charge in [0.1, 0.15) is 0 Å². The van der Waals surface area contributed by atoms with E-state index in [2.05, 4.69) is 20.3 Å². The molecular weight excluding hydrogens is 436 g/mol. The Morgan fingerprint density at radius 1 is 0.788 bits per heavy atom. The molecule has 0 aliphatic rings. The SMILES string of the molecule is O=C(NCc1cccnc1)Nc1ccc(NS(=O)(=O)c2ccccc2-c2ccccc2)cc1. The van der Waals surface area contributed by atoms with Gasteiger partial charge in [-0.2, -0.15) is 0 Å². The molecule has 7 nitrogen and oxygen atoms in total. The second-order valence-electron chi connectivity index (χ2n) is 7.21. The van der Waals surface area contributed by atoms with Crippen molar-refractivity contribution >= 4 is 27.4 Å². The molecule has 0 aliphatic carbocycles. The number of benzene rings is 3. The molecule has 0 fully saturated rings. The normalized spacial score (nSPS) is 10.9. The topological polar surface area (TPSA) is 100 Å². The Morgan fingerprint density at radius 3 is 2.21 bits per heavy atom. The first kappa shape index (κ1) is 22.0. The molecule has 1 aromatic heterocycles. The van der Waals surface area contributed by atoms with Gasteiger partial charge >= 0.3 is 6.03 Å². The molecule has 0 saturated carbocycles. The van der Waals surface area contributed by atoms with Crippen LogP contribution in [0.1, 0.15) is 5.56 Å². The third kappa shape index (κ3) is 5.75. The van der Waals surface area contributed by atoms with E-state index in [0.717, 1.165) is 11.1 Å². The standard InChI is InChI=1S/C25H22N4O3S/c30-25(27-18-19-7-6-16-26-17-19)28-21-12-14-22(15-13-21)29-33(31,32)24-11-5-4-10-23(24)20-8-2-1-3-9-20/h1-17,29H,18H2,(H2,27,28,30). The van der Waals surface area contributed by atoms with Gasteiger partial charge in [-0.1, -0.05) is 54.6 Å². The van der Waals surface area contributed by atoms with Crippen LogP contribution in [-0.4, -0.2) is 19.4 Å². The molecule has 4 aromatic rings. The van der Waals surface area contributed by atoms with Crippen LogP contribution in [0.3, 0.4) is 0 Å². The quantitative estimate of drug-likeness (QED) is 0.368. The molecule has 3 N–H and O–H groups in total. The number of amides is 2. The summed E-state index contributed by atoms with van der Waals surface area (Å²) in [4.78, 5) is 16.3. The third-order valence-corrected chi connectivity index (χ3v) is 6.27. The van der Waals surface area contributed by atoms with Gasteiger partial charge in [0.05, 0.1) is 4.90 Å². The number of carbonyl (C=O) groups is 1. The van der Waals surface area contributed by atoms with Crippen LogP contribution in [0.25, 0.3) is 11.1 Å². The molecule has 0 radical (unpaired) electrons. The maximum Gasteiger partial charge on any atom is 0.319 e. The lowest BCUT2D eigenvalue weighted by molar-refractivity contribution is 0.251. The summed E-state index contributed by atoms with van der Waals surface area (Å²) >= 11 is 0. The van der Waals surface area contributed by atoms with E-state index < -0.39 is 10.0 Å². The van der Waals surface area contributed by atoms with Crippen molar-refractivity contribution in [3.8, 4) is 11.1 Å². The number of rotatable bonds is 7. The van der Waals surface area contributed by atoms with Crippen LogP contribution in [0.5, 0.6) is 0 Å². The summed E-state index contributed by atoms with van der Waals surface area (Å²) in [6, 6.07) is 26.0. The van der Waals surface area contributed by atoms with E-state index in [-0.39, 0.29) is 10.9 Å². The lowest BCUT2D eigenvalue weighted by Crippen LogP contribution is -2.28. The molecule has 0 saturated heterocycles. The highest BCUT2D eigenvalue weighted by Gasteiger charge is 2.19. The molecule has 33 heavy (non-hydrogen) atoms. The minimum Gasteiger partial charge on any atom is -0.334 e. The molecule has 8 heteroatoms. The van der Waals surface area contributed by atoms with Gasteiger partial charge in [0.25, 0.3) is 10.0 Å². The van der Waals surface area contributed by atoms with E-state index in [1.165, 1.54) is 0 Å². The largest absolute Gasteiger partial charge is 0.334 e. The van der Waals surface area contributed by atoms with Gasteiger partial charge in [-0.25, -0.2) is 13.2 Å². The first-order valence-corrected chi connectivity index (χ1v) is 11.7. The second-order valence-corrected chi connectivity index (χ2v) is 8.86. The number of urea groups is 1. The molecule has 0 unspecified atom stereocenters. The molecule has 0 spiro atoms. The zero-order valence-corrected chi connectivity index (χ0v) is 18.4. The highest BCUT2D eigenvalue weighted by atomic mass is 32.2. The molecule has 3 aromatic carbocycles. The van der Waals surface area contributed by atoms with E-state index in [9.17, 15) is 13.2 Å². The molecule has 0 bridgehead atoms. The number of sulfonamides is 1. The minimum atomic E-state index is -3.82. The molecule has 0 aliphatic heterocycles. The zero-order chi connectivity index (χ0) is 23.1. The Kier molecular flexibility index (Phi) is 6.66. The van der Waals surface area contributed by atoms with Crippen molar-refractivity contribution in [2.45, 2.75) is 11.4 Å². The van der Waals surface area contributed by atoms with Gasteiger partial charge in [0.2, 0.25) is 0 Å². The fourth-order valence-corrected chi connectivity index (χ4v) is 4.54. The predicted octanol–water partition coefficient (Wildman–Crippen LogP) is 4.87. The van der Waals surface area contributed by atoms with Crippen LogP contribution in [0, 0.1) is 0 Å². The van der Waals surface area contributed by atoms with Crippen LogP contribution < -0.4 is 15.4 Å². The van der Waals surface area contributed by atoms with Crippen LogP contribution in [0.2, 0.25) is 0 Å². The van der Waals surface area contributed by atoms with Crippen molar-refractivity contribution in [1.29, 1.82) is 0 Å². The number of pyridine rings is 1. The second kappa shape index (κ2) is 9.97. The van der Waals surface area contributed by atoms with Crippen LogP contribution >= 0.6 is 0 Å². The zero-order valence-electron chi connectivity index (χ0n) is 17.6. The van der Waals surface area contributed by atoms with Gasteiger partial charge < -0.3 is 10.6 Å². The number of nitrogens with one attached hydrogen (secondary N) is 3. The Bertz CT molecular complexity index is 1330. The van der Waals surface area contributed by atoms with E-state index >= 15 is 0 Å². The lowest BCUT2D eigenvalue weighted by atomic mass is 10.1. The Morgan fingerprint density at radius 2 is 1.48 bits per heavy atom. The van der Waals surface area contributed by atoms with E-state index in [1.807, 2.05) is 36.4 Å². The smallest absolute Gasteiger partial charge is 0.319 e. The highest BCUT2D eigenvalue weighted by molar-refractivity contribution is 7.92. The Balaban J connectivity index is 1.42. The maximum atomic E-state index is 13.1. The number of nitrogens with zero attached hydrogens (tertiary/aromatic N) is 1. The number of hydrogen-bond donors (Lipinski definition) is 3. The molecule has 0 atom stereocenters. The van der Waals surface area contributed by atoms with Crippen molar-refractivity contribution < 1.29 is 13.2 Å².